The molecule has 17 heavy (non-hydrogen) atoms. The van der Waals surface area contributed by atoms with Crippen LogP contribution in [0.15, 0.2) is 24.3 Å². The topological polar surface area (TPSA) is 41.5 Å². The number of anilines is 1. The van der Waals surface area contributed by atoms with Crippen LogP contribution in [-0.4, -0.2) is 35.4 Å². The number of benzene rings is 1. The van der Waals surface area contributed by atoms with E-state index in [0.29, 0.717) is 5.25 Å². The average molecular weight is 253 g/mol. The van der Waals surface area contributed by atoms with Gasteiger partial charge in [0.1, 0.15) is 5.75 Å². The Morgan fingerprint density at radius 1 is 1.47 bits per heavy atom. The summed E-state index contributed by atoms with van der Waals surface area (Å²) >= 11 is 1.91. The third-order valence-corrected chi connectivity index (χ3v) is 4.58. The van der Waals surface area contributed by atoms with Crippen molar-refractivity contribution in [3.63, 3.8) is 0 Å². The van der Waals surface area contributed by atoms with Gasteiger partial charge in [-0.15, -0.1) is 0 Å². The van der Waals surface area contributed by atoms with Gasteiger partial charge in [0.25, 0.3) is 0 Å². The zero-order valence-electron chi connectivity index (χ0n) is 10.3. The first kappa shape index (κ1) is 12.6. The van der Waals surface area contributed by atoms with Crippen LogP contribution in [-0.2, 0) is 0 Å². The number of rotatable bonds is 4. The molecule has 1 aliphatic rings. The molecule has 1 fully saturated rings. The molecule has 0 radical (unpaired) electrons. The normalized spacial score (nSPS) is 28.1. The van der Waals surface area contributed by atoms with Gasteiger partial charge in [0.2, 0.25) is 0 Å². The highest BCUT2D eigenvalue weighted by molar-refractivity contribution is 8.00. The van der Waals surface area contributed by atoms with Gasteiger partial charge in [-0.3, -0.25) is 0 Å². The predicted octanol–water partition coefficient (Wildman–Crippen LogP) is 2.36. The first-order valence-electron chi connectivity index (χ1n) is 5.82. The monoisotopic (exact) mass is 253 g/mol. The lowest BCUT2D eigenvalue weighted by Crippen LogP contribution is -2.42. The SMILES string of the molecule is COc1ccc(NC2(CO)CSC(C)C2)cc1. The van der Waals surface area contributed by atoms with Crippen molar-refractivity contribution in [3.05, 3.63) is 24.3 Å². The molecular weight excluding hydrogens is 234 g/mol. The molecule has 1 aromatic carbocycles. The second-order valence-corrected chi connectivity index (χ2v) is 6.04. The number of thioether (sulfide) groups is 1. The molecule has 0 aromatic heterocycles. The summed E-state index contributed by atoms with van der Waals surface area (Å²) in [4.78, 5) is 0. The maximum absolute atomic E-state index is 9.60. The van der Waals surface area contributed by atoms with E-state index in [2.05, 4.69) is 12.2 Å². The number of nitrogens with one attached hydrogen (secondary N) is 1. The Labute approximate surface area is 107 Å². The van der Waals surface area contributed by atoms with Gasteiger partial charge in [0.15, 0.2) is 0 Å². The van der Waals surface area contributed by atoms with Crippen LogP contribution in [0, 0.1) is 0 Å². The van der Waals surface area contributed by atoms with E-state index in [1.54, 1.807) is 7.11 Å². The van der Waals surface area contributed by atoms with Crippen molar-refractivity contribution in [1.82, 2.24) is 0 Å². The lowest BCUT2D eigenvalue weighted by atomic mass is 9.97. The number of hydrogen-bond donors (Lipinski definition) is 2. The molecule has 1 heterocycles. The summed E-state index contributed by atoms with van der Waals surface area (Å²) in [6.45, 7) is 2.38. The third kappa shape index (κ3) is 2.87. The third-order valence-electron chi connectivity index (χ3n) is 3.12. The quantitative estimate of drug-likeness (QED) is 0.864. The standard InChI is InChI=1S/C13H19NO2S/c1-10-7-13(8-15,9-17-10)14-11-3-5-12(16-2)6-4-11/h3-6,10,14-15H,7-9H2,1-2H3. The lowest BCUT2D eigenvalue weighted by Gasteiger charge is -2.29. The van der Waals surface area contributed by atoms with Crippen molar-refractivity contribution in [2.75, 3.05) is 24.8 Å². The Morgan fingerprint density at radius 3 is 2.65 bits per heavy atom. The summed E-state index contributed by atoms with van der Waals surface area (Å²) in [5, 5.41) is 13.7. The summed E-state index contributed by atoms with van der Waals surface area (Å²) in [7, 11) is 1.66. The first-order chi connectivity index (χ1) is 8.17. The fourth-order valence-electron chi connectivity index (χ4n) is 2.19. The van der Waals surface area contributed by atoms with Crippen molar-refractivity contribution in [3.8, 4) is 5.75 Å². The van der Waals surface area contributed by atoms with Gasteiger partial charge in [-0.05, 0) is 30.7 Å². The number of ether oxygens (including phenoxy) is 1. The van der Waals surface area contributed by atoms with Gasteiger partial charge in [-0.25, -0.2) is 0 Å². The summed E-state index contributed by atoms with van der Waals surface area (Å²) in [6, 6.07) is 7.84. The molecule has 0 spiro atoms. The zero-order chi connectivity index (χ0) is 12.3. The minimum atomic E-state index is -0.168. The Balaban J connectivity index is 2.07. The van der Waals surface area contributed by atoms with Crippen molar-refractivity contribution in [2.24, 2.45) is 0 Å². The largest absolute Gasteiger partial charge is 0.497 e. The molecule has 0 saturated carbocycles. The number of methoxy groups -OCH3 is 1. The van der Waals surface area contributed by atoms with E-state index in [4.69, 9.17) is 4.74 Å². The van der Waals surface area contributed by atoms with Gasteiger partial charge in [0.05, 0.1) is 19.3 Å². The molecular formula is C13H19NO2S. The average Bonchev–Trinajstić information content (AvgIpc) is 2.72. The number of hydrogen-bond acceptors (Lipinski definition) is 4. The fraction of sp³-hybridized carbons (Fsp3) is 0.538. The van der Waals surface area contributed by atoms with Gasteiger partial charge in [-0.1, -0.05) is 6.92 Å². The van der Waals surface area contributed by atoms with Gasteiger partial charge in [0, 0.05) is 16.7 Å². The van der Waals surface area contributed by atoms with Crippen LogP contribution in [0.2, 0.25) is 0 Å². The van der Waals surface area contributed by atoms with Crippen LogP contribution in [0.25, 0.3) is 0 Å². The molecule has 1 saturated heterocycles. The summed E-state index contributed by atoms with van der Waals surface area (Å²) < 4.78 is 5.13. The van der Waals surface area contributed by atoms with E-state index in [1.807, 2.05) is 36.0 Å². The number of aliphatic hydroxyl groups is 1. The predicted molar refractivity (Wildman–Crippen MR) is 73.0 cm³/mol. The molecule has 2 unspecified atom stereocenters. The molecule has 2 rings (SSSR count). The van der Waals surface area contributed by atoms with Crippen LogP contribution < -0.4 is 10.1 Å². The van der Waals surface area contributed by atoms with E-state index >= 15 is 0 Å². The number of aliphatic hydroxyl groups excluding tert-OH is 1. The molecule has 94 valence electrons. The Bertz CT molecular complexity index is 368. The molecule has 3 nitrogen and oxygen atoms in total. The Morgan fingerprint density at radius 2 is 2.18 bits per heavy atom. The van der Waals surface area contributed by atoms with Crippen molar-refractivity contribution < 1.29 is 9.84 Å². The maximum atomic E-state index is 9.60. The second-order valence-electron chi connectivity index (χ2n) is 4.62. The van der Waals surface area contributed by atoms with E-state index in [1.165, 1.54) is 0 Å². The maximum Gasteiger partial charge on any atom is 0.119 e. The Kier molecular flexibility index (Phi) is 3.84. The molecule has 0 aliphatic carbocycles. The van der Waals surface area contributed by atoms with E-state index in [0.717, 1.165) is 23.6 Å². The fourth-order valence-corrected chi connectivity index (χ4v) is 3.51. The highest BCUT2D eigenvalue weighted by Gasteiger charge is 2.37. The summed E-state index contributed by atoms with van der Waals surface area (Å²) in [5.74, 6) is 1.80. The second kappa shape index (κ2) is 5.19. The van der Waals surface area contributed by atoms with Crippen LogP contribution in [0.5, 0.6) is 5.75 Å². The van der Waals surface area contributed by atoms with Gasteiger partial charge >= 0.3 is 0 Å². The molecule has 2 atom stereocenters. The van der Waals surface area contributed by atoms with E-state index in [-0.39, 0.29) is 12.1 Å². The van der Waals surface area contributed by atoms with Gasteiger partial charge < -0.3 is 15.2 Å². The van der Waals surface area contributed by atoms with Gasteiger partial charge in [-0.2, -0.15) is 11.8 Å². The minimum Gasteiger partial charge on any atom is -0.497 e. The highest BCUT2D eigenvalue weighted by Crippen LogP contribution is 2.36. The van der Waals surface area contributed by atoms with Crippen LogP contribution in [0.3, 0.4) is 0 Å². The van der Waals surface area contributed by atoms with Crippen LogP contribution in [0.1, 0.15) is 13.3 Å². The smallest absolute Gasteiger partial charge is 0.119 e. The molecule has 1 aliphatic heterocycles. The van der Waals surface area contributed by atoms with Crippen molar-refractivity contribution in [2.45, 2.75) is 24.1 Å². The van der Waals surface area contributed by atoms with Crippen molar-refractivity contribution in [1.29, 1.82) is 0 Å². The summed E-state index contributed by atoms with van der Waals surface area (Å²) in [5.41, 5.74) is 0.869. The zero-order valence-corrected chi connectivity index (χ0v) is 11.1. The Hall–Kier alpha value is -0.870. The van der Waals surface area contributed by atoms with E-state index < -0.39 is 0 Å². The van der Waals surface area contributed by atoms with Crippen LogP contribution >= 0.6 is 11.8 Å². The molecule has 1 aromatic rings. The summed E-state index contributed by atoms with van der Waals surface area (Å²) in [6.07, 6.45) is 1.00. The van der Waals surface area contributed by atoms with E-state index in [9.17, 15) is 5.11 Å². The first-order valence-corrected chi connectivity index (χ1v) is 6.87. The minimum absolute atomic E-state index is 0.168. The molecule has 4 heteroatoms. The molecule has 2 N–H and O–H groups in total. The van der Waals surface area contributed by atoms with Crippen molar-refractivity contribution >= 4 is 17.4 Å². The highest BCUT2D eigenvalue weighted by atomic mass is 32.2. The van der Waals surface area contributed by atoms with Crippen LogP contribution in [0.4, 0.5) is 5.69 Å². The molecule has 0 bridgehead atoms. The lowest BCUT2D eigenvalue weighted by molar-refractivity contribution is 0.223. The molecule has 0 amide bonds.